The highest BCUT2D eigenvalue weighted by molar-refractivity contribution is 6.30. The van der Waals surface area contributed by atoms with Crippen molar-refractivity contribution in [1.82, 2.24) is 15.1 Å². The second-order valence-electron chi connectivity index (χ2n) is 5.23. The fraction of sp³-hybridized carbons (Fsp3) is 0.125. The van der Waals surface area contributed by atoms with Gasteiger partial charge in [0.15, 0.2) is 5.82 Å². The van der Waals surface area contributed by atoms with Crippen LogP contribution in [-0.4, -0.2) is 21.0 Å². The van der Waals surface area contributed by atoms with E-state index in [2.05, 4.69) is 25.0 Å². The monoisotopic (exact) mass is 382 g/mol. The molecule has 0 unspecified atom stereocenters. The molecule has 10 heteroatoms. The van der Waals surface area contributed by atoms with Crippen LogP contribution in [0.15, 0.2) is 47.2 Å². The summed E-state index contributed by atoms with van der Waals surface area (Å²) < 4.78 is 41.5. The Balaban J connectivity index is 1.66. The molecular weight excluding hydrogens is 373 g/mol. The number of halogens is 4. The first-order chi connectivity index (χ1) is 12.3. The molecule has 0 aliphatic rings. The number of alkyl halides is 3. The average molecular weight is 383 g/mol. The first-order valence-corrected chi connectivity index (χ1v) is 7.60. The number of carbonyl (C=O) groups is 1. The van der Waals surface area contributed by atoms with Gasteiger partial charge in [-0.1, -0.05) is 28.9 Å². The molecule has 2 aromatic heterocycles. The molecule has 0 atom stereocenters. The first kappa shape index (κ1) is 17.9. The number of hydrogen-bond donors (Lipinski definition) is 1. The summed E-state index contributed by atoms with van der Waals surface area (Å²) in [4.78, 5) is 19.3. The van der Waals surface area contributed by atoms with Crippen molar-refractivity contribution >= 4 is 23.2 Å². The lowest BCUT2D eigenvalue weighted by Crippen LogP contribution is -2.12. The molecule has 6 nitrogen and oxygen atoms in total. The van der Waals surface area contributed by atoms with Gasteiger partial charge in [-0.25, -0.2) is 0 Å². The van der Waals surface area contributed by atoms with Gasteiger partial charge in [0.1, 0.15) is 0 Å². The Morgan fingerprint density at radius 2 is 1.92 bits per heavy atom. The van der Waals surface area contributed by atoms with E-state index >= 15 is 0 Å². The van der Waals surface area contributed by atoms with Crippen LogP contribution in [0.4, 0.5) is 18.9 Å². The minimum absolute atomic E-state index is 0.0414. The predicted molar refractivity (Wildman–Crippen MR) is 85.7 cm³/mol. The number of anilines is 1. The highest BCUT2D eigenvalue weighted by Gasteiger charge is 2.38. The van der Waals surface area contributed by atoms with Crippen molar-refractivity contribution in [2.24, 2.45) is 0 Å². The highest BCUT2D eigenvalue weighted by atomic mass is 35.5. The number of rotatable bonds is 4. The number of nitrogens with zero attached hydrogens (tertiary/aromatic N) is 3. The number of benzene rings is 1. The maximum Gasteiger partial charge on any atom is 0.471 e. The lowest BCUT2D eigenvalue weighted by molar-refractivity contribution is -0.159. The number of aromatic nitrogens is 3. The third-order valence-corrected chi connectivity index (χ3v) is 3.46. The Labute approximate surface area is 150 Å². The molecule has 0 aliphatic carbocycles. The zero-order chi connectivity index (χ0) is 18.7. The van der Waals surface area contributed by atoms with Gasteiger partial charge in [-0.15, -0.1) is 0 Å². The largest absolute Gasteiger partial charge is 0.471 e. The highest BCUT2D eigenvalue weighted by Crippen LogP contribution is 2.27. The van der Waals surface area contributed by atoms with Gasteiger partial charge in [0.05, 0.1) is 16.9 Å². The molecular formula is C16H10ClF3N4O2. The molecule has 0 bridgehead atoms. The quantitative estimate of drug-likeness (QED) is 0.738. The van der Waals surface area contributed by atoms with E-state index in [4.69, 9.17) is 11.6 Å². The summed E-state index contributed by atoms with van der Waals surface area (Å²) in [6.45, 7) is 0. The lowest BCUT2D eigenvalue weighted by Gasteiger charge is -2.06. The predicted octanol–water partition coefficient (Wildman–Crippen LogP) is 3.98. The number of pyridine rings is 1. The van der Waals surface area contributed by atoms with E-state index in [1.54, 1.807) is 18.2 Å². The molecule has 0 saturated heterocycles. The van der Waals surface area contributed by atoms with Crippen LogP contribution >= 0.6 is 11.6 Å². The van der Waals surface area contributed by atoms with E-state index in [-0.39, 0.29) is 18.2 Å². The van der Waals surface area contributed by atoms with E-state index in [1.807, 2.05) is 0 Å². The third kappa shape index (κ3) is 4.37. The van der Waals surface area contributed by atoms with Crippen molar-refractivity contribution in [2.75, 3.05) is 5.32 Å². The first-order valence-electron chi connectivity index (χ1n) is 7.22. The molecule has 1 aromatic carbocycles. The molecule has 0 radical (unpaired) electrons. The Morgan fingerprint density at radius 1 is 1.19 bits per heavy atom. The Morgan fingerprint density at radius 3 is 2.54 bits per heavy atom. The summed E-state index contributed by atoms with van der Waals surface area (Å²) in [6.07, 6.45) is -1.75. The molecule has 0 spiro atoms. The van der Waals surface area contributed by atoms with Gasteiger partial charge in [0.2, 0.25) is 0 Å². The van der Waals surface area contributed by atoms with E-state index in [1.165, 1.54) is 24.5 Å². The lowest BCUT2D eigenvalue weighted by atomic mass is 10.1. The molecule has 1 amide bonds. The number of nitrogens with one attached hydrogen (secondary N) is 1. The molecule has 3 rings (SSSR count). The fourth-order valence-electron chi connectivity index (χ4n) is 2.08. The Kier molecular flexibility index (Phi) is 4.90. The maximum absolute atomic E-state index is 12.4. The summed E-state index contributed by atoms with van der Waals surface area (Å²) in [5.41, 5.74) is 1.43. The Hall–Kier alpha value is -2.94. The van der Waals surface area contributed by atoms with E-state index in [0.717, 1.165) is 0 Å². The van der Waals surface area contributed by atoms with Gasteiger partial charge in [0.25, 0.3) is 5.91 Å². The molecule has 1 N–H and O–H groups in total. The zero-order valence-electron chi connectivity index (χ0n) is 12.9. The Bertz CT molecular complexity index is 926. The van der Waals surface area contributed by atoms with Crippen LogP contribution in [0.2, 0.25) is 5.02 Å². The summed E-state index contributed by atoms with van der Waals surface area (Å²) in [5, 5.41) is 6.32. The van der Waals surface area contributed by atoms with Gasteiger partial charge in [0, 0.05) is 18.2 Å². The van der Waals surface area contributed by atoms with Gasteiger partial charge < -0.3 is 9.84 Å². The van der Waals surface area contributed by atoms with Gasteiger partial charge in [-0.05, 0) is 23.8 Å². The minimum Gasteiger partial charge on any atom is -0.329 e. The van der Waals surface area contributed by atoms with E-state index in [9.17, 15) is 18.0 Å². The summed E-state index contributed by atoms with van der Waals surface area (Å²) in [7, 11) is 0. The topological polar surface area (TPSA) is 80.9 Å². The average Bonchev–Trinajstić information content (AvgIpc) is 3.04. The zero-order valence-corrected chi connectivity index (χ0v) is 13.7. The number of amides is 1. The fourth-order valence-corrected chi connectivity index (χ4v) is 2.25. The summed E-state index contributed by atoms with van der Waals surface area (Å²) in [6, 6.07) is 7.81. The summed E-state index contributed by atoms with van der Waals surface area (Å²) >= 11 is 5.80. The van der Waals surface area contributed by atoms with Crippen LogP contribution < -0.4 is 5.32 Å². The van der Waals surface area contributed by atoms with Crippen molar-refractivity contribution < 1.29 is 22.5 Å². The van der Waals surface area contributed by atoms with Crippen LogP contribution in [0.25, 0.3) is 0 Å². The molecule has 2 heterocycles. The number of hydrogen-bond acceptors (Lipinski definition) is 5. The molecule has 0 saturated carbocycles. The van der Waals surface area contributed by atoms with Crippen LogP contribution in [-0.2, 0) is 12.6 Å². The van der Waals surface area contributed by atoms with Gasteiger partial charge >= 0.3 is 12.1 Å². The standard InChI is InChI=1S/C16H10ClF3N4O2/c17-11-6-12(8-21-7-11)22-14(25)10-3-1-9(2-4-10)5-13-23-15(26-24-13)16(18,19)20/h1-4,6-8H,5H2,(H,22,25). The summed E-state index contributed by atoms with van der Waals surface area (Å²) in [5.74, 6) is -1.86. The van der Waals surface area contributed by atoms with Crippen molar-refractivity contribution in [3.05, 3.63) is 70.6 Å². The van der Waals surface area contributed by atoms with Crippen molar-refractivity contribution in [1.29, 1.82) is 0 Å². The molecule has 0 aliphatic heterocycles. The van der Waals surface area contributed by atoms with Crippen molar-refractivity contribution in [2.45, 2.75) is 12.6 Å². The van der Waals surface area contributed by atoms with Crippen LogP contribution in [0, 0.1) is 0 Å². The molecule has 134 valence electrons. The molecule has 26 heavy (non-hydrogen) atoms. The molecule has 3 aromatic rings. The van der Waals surface area contributed by atoms with Crippen molar-refractivity contribution in [3.63, 3.8) is 0 Å². The SMILES string of the molecule is O=C(Nc1cncc(Cl)c1)c1ccc(Cc2noc(C(F)(F)F)n2)cc1. The minimum atomic E-state index is -4.68. The smallest absolute Gasteiger partial charge is 0.329 e. The van der Waals surface area contributed by atoms with Gasteiger partial charge in [-0.3, -0.25) is 9.78 Å². The normalized spacial score (nSPS) is 11.4. The maximum atomic E-state index is 12.4. The van der Waals surface area contributed by atoms with Gasteiger partial charge in [-0.2, -0.15) is 18.2 Å². The van der Waals surface area contributed by atoms with E-state index in [0.29, 0.717) is 21.8 Å². The third-order valence-electron chi connectivity index (χ3n) is 3.25. The van der Waals surface area contributed by atoms with Crippen LogP contribution in [0.1, 0.15) is 27.6 Å². The molecule has 0 fully saturated rings. The second kappa shape index (κ2) is 7.12. The number of carbonyl (C=O) groups excluding carboxylic acids is 1. The van der Waals surface area contributed by atoms with Crippen molar-refractivity contribution in [3.8, 4) is 0 Å². The van der Waals surface area contributed by atoms with Crippen LogP contribution in [0.3, 0.4) is 0 Å². The van der Waals surface area contributed by atoms with Crippen LogP contribution in [0.5, 0.6) is 0 Å². The second-order valence-corrected chi connectivity index (χ2v) is 5.67. The van der Waals surface area contributed by atoms with E-state index < -0.39 is 12.1 Å².